The highest BCUT2D eigenvalue weighted by molar-refractivity contribution is 5.65. The van der Waals surface area contributed by atoms with Crippen molar-refractivity contribution in [1.82, 2.24) is 0 Å². The highest BCUT2D eigenvalue weighted by atomic mass is 16.3. The fourth-order valence-corrected chi connectivity index (χ4v) is 1.83. The van der Waals surface area contributed by atoms with Gasteiger partial charge in [0, 0.05) is 5.57 Å². The van der Waals surface area contributed by atoms with Crippen LogP contribution in [0.2, 0.25) is 0 Å². The van der Waals surface area contributed by atoms with Crippen LogP contribution >= 0.6 is 0 Å². The quantitative estimate of drug-likeness (QED) is 0.492. The van der Waals surface area contributed by atoms with E-state index in [9.17, 15) is 0 Å². The van der Waals surface area contributed by atoms with E-state index in [1.165, 1.54) is 11.1 Å². The number of hydrogen-bond acceptors (Lipinski definition) is 2. The van der Waals surface area contributed by atoms with Crippen LogP contribution in [-0.4, -0.2) is 16.8 Å². The molecule has 2 nitrogen and oxygen atoms in total. The number of hydrogen-bond donors (Lipinski definition) is 2. The number of aliphatic hydroxyl groups excluding tert-OH is 2. The van der Waals surface area contributed by atoms with E-state index < -0.39 is 0 Å². The lowest BCUT2D eigenvalue weighted by Crippen LogP contribution is -1.91. The summed E-state index contributed by atoms with van der Waals surface area (Å²) >= 11 is 0. The molecule has 0 aliphatic carbocycles. The molecule has 1 aromatic carbocycles. The largest absolute Gasteiger partial charge is 0.515 e. The molecular formula is C21H34O2. The Kier molecular flexibility index (Phi) is 16.9. The number of rotatable bonds is 6. The Balaban J connectivity index is 0. The molecule has 0 saturated carbocycles. The third kappa shape index (κ3) is 10.5. The lowest BCUT2D eigenvalue weighted by molar-refractivity contribution is 0.345. The van der Waals surface area contributed by atoms with E-state index in [2.05, 4.69) is 32.1 Å². The van der Waals surface area contributed by atoms with E-state index >= 15 is 0 Å². The van der Waals surface area contributed by atoms with Crippen LogP contribution in [0.5, 0.6) is 0 Å². The van der Waals surface area contributed by atoms with Gasteiger partial charge in [0.2, 0.25) is 0 Å². The van der Waals surface area contributed by atoms with E-state index in [0.717, 1.165) is 24.7 Å². The minimum atomic E-state index is -0.156. The molecule has 0 saturated heterocycles. The van der Waals surface area contributed by atoms with Crippen LogP contribution in [0, 0.1) is 0 Å². The first kappa shape index (κ1) is 23.5. The fraction of sp³-hybridized carbons (Fsp3) is 0.429. The molecule has 0 heterocycles. The van der Waals surface area contributed by atoms with Gasteiger partial charge >= 0.3 is 0 Å². The summed E-state index contributed by atoms with van der Waals surface area (Å²) in [5.41, 5.74) is 3.87. The summed E-state index contributed by atoms with van der Waals surface area (Å²) in [4.78, 5) is 0. The van der Waals surface area contributed by atoms with Crippen molar-refractivity contribution in [3.05, 3.63) is 65.5 Å². The highest BCUT2D eigenvalue weighted by Crippen LogP contribution is 2.14. The van der Waals surface area contributed by atoms with Crippen molar-refractivity contribution in [2.75, 3.05) is 6.61 Å². The summed E-state index contributed by atoms with van der Waals surface area (Å²) in [7, 11) is 0. The molecule has 0 aliphatic heterocycles. The van der Waals surface area contributed by atoms with Gasteiger partial charge in [0.05, 0.1) is 12.9 Å². The molecule has 23 heavy (non-hydrogen) atoms. The summed E-state index contributed by atoms with van der Waals surface area (Å²) in [5, 5.41) is 18.0. The Morgan fingerprint density at radius 2 is 1.61 bits per heavy atom. The van der Waals surface area contributed by atoms with Gasteiger partial charge in [-0.1, -0.05) is 82.7 Å². The first-order chi connectivity index (χ1) is 11.2. The number of benzene rings is 1. The predicted molar refractivity (Wildman–Crippen MR) is 104 cm³/mol. The molecule has 0 aromatic heterocycles. The molecule has 1 rings (SSSR count). The van der Waals surface area contributed by atoms with Crippen LogP contribution in [0.15, 0.2) is 54.3 Å². The van der Waals surface area contributed by atoms with Crippen molar-refractivity contribution in [1.29, 1.82) is 0 Å². The average molecular weight is 319 g/mol. The maximum atomic E-state index is 9.06. The molecule has 0 spiro atoms. The Morgan fingerprint density at radius 1 is 1.04 bits per heavy atom. The minimum Gasteiger partial charge on any atom is -0.515 e. The topological polar surface area (TPSA) is 40.5 Å². The molecule has 0 unspecified atom stereocenters. The summed E-state index contributed by atoms with van der Waals surface area (Å²) < 4.78 is 0. The molecule has 0 bridgehead atoms. The molecule has 0 radical (unpaired) electrons. The Bertz CT molecular complexity index is 465. The third-order valence-corrected chi connectivity index (χ3v) is 2.91. The van der Waals surface area contributed by atoms with Gasteiger partial charge in [-0.05, 0) is 30.9 Å². The van der Waals surface area contributed by atoms with E-state index in [1.54, 1.807) is 0 Å². The van der Waals surface area contributed by atoms with Crippen molar-refractivity contribution in [2.45, 2.75) is 54.4 Å². The Hall–Kier alpha value is -1.80. The van der Waals surface area contributed by atoms with Gasteiger partial charge < -0.3 is 10.2 Å². The van der Waals surface area contributed by atoms with Crippen LogP contribution in [0.3, 0.4) is 0 Å². The summed E-state index contributed by atoms with van der Waals surface area (Å²) in [6, 6.07) is 7.85. The summed E-state index contributed by atoms with van der Waals surface area (Å²) in [6.07, 6.45) is 9.36. The van der Waals surface area contributed by atoms with Crippen LogP contribution in [0.25, 0.3) is 5.57 Å². The normalized spacial score (nSPS) is 11.4. The maximum Gasteiger partial charge on any atom is 0.0852 e. The van der Waals surface area contributed by atoms with E-state index in [0.29, 0.717) is 5.57 Å². The molecular weight excluding hydrogens is 284 g/mol. The Morgan fingerprint density at radius 3 is 2.04 bits per heavy atom. The summed E-state index contributed by atoms with van der Waals surface area (Å²) in [5.74, 6) is 0. The molecule has 0 aliphatic rings. The monoisotopic (exact) mass is 318 g/mol. The summed E-state index contributed by atoms with van der Waals surface area (Å²) in [6.45, 7) is 12.1. The van der Waals surface area contributed by atoms with Gasteiger partial charge in [0.1, 0.15) is 0 Å². The number of aliphatic hydroxyl groups is 2. The standard InChI is InChI=1S/C17H22O2.2C2H6/c1-3-5-14(2)6-4-7-15-8-10-16(11-9-15)17(12-18)13-19;2*1-2/h4-6,8-12,18-19H,3,7,13H2,1-2H3;2*1-2H3/b6-4-,14-5-,17-12-;;. The molecule has 1 aromatic rings. The van der Waals surface area contributed by atoms with Crippen LogP contribution in [-0.2, 0) is 6.42 Å². The van der Waals surface area contributed by atoms with Gasteiger partial charge in [-0.2, -0.15) is 0 Å². The lowest BCUT2D eigenvalue weighted by Gasteiger charge is -2.04. The second-order valence-corrected chi connectivity index (χ2v) is 4.47. The molecule has 130 valence electrons. The van der Waals surface area contributed by atoms with Gasteiger partial charge in [0.15, 0.2) is 0 Å². The van der Waals surface area contributed by atoms with E-state index in [-0.39, 0.29) is 6.61 Å². The molecule has 2 N–H and O–H groups in total. The van der Waals surface area contributed by atoms with Crippen LogP contribution < -0.4 is 0 Å². The maximum absolute atomic E-state index is 9.06. The molecule has 0 atom stereocenters. The van der Waals surface area contributed by atoms with Crippen molar-refractivity contribution >= 4 is 5.57 Å². The third-order valence-electron chi connectivity index (χ3n) is 2.91. The SMILES string of the molecule is CC.CC.CC/C=C(C)\C=C/Cc1ccc(/C(=C\O)CO)cc1. The van der Waals surface area contributed by atoms with Crippen molar-refractivity contribution in [2.24, 2.45) is 0 Å². The number of allylic oxidation sites excluding steroid dienone is 4. The van der Waals surface area contributed by atoms with Gasteiger partial charge in [-0.3, -0.25) is 0 Å². The van der Waals surface area contributed by atoms with E-state index in [4.69, 9.17) is 10.2 Å². The molecule has 2 heteroatoms. The zero-order valence-electron chi connectivity index (χ0n) is 15.6. The smallest absolute Gasteiger partial charge is 0.0852 e. The van der Waals surface area contributed by atoms with Crippen molar-refractivity contribution < 1.29 is 10.2 Å². The highest BCUT2D eigenvalue weighted by Gasteiger charge is 1.99. The van der Waals surface area contributed by atoms with Gasteiger partial charge in [-0.25, -0.2) is 0 Å². The molecule has 0 amide bonds. The van der Waals surface area contributed by atoms with E-state index in [1.807, 2.05) is 52.0 Å². The zero-order valence-corrected chi connectivity index (χ0v) is 15.6. The Labute approximate surface area is 142 Å². The predicted octanol–water partition coefficient (Wildman–Crippen LogP) is 6.09. The minimum absolute atomic E-state index is 0.156. The zero-order chi connectivity index (χ0) is 18.1. The second kappa shape index (κ2) is 16.6. The van der Waals surface area contributed by atoms with Crippen molar-refractivity contribution in [3.63, 3.8) is 0 Å². The molecule has 0 fully saturated rings. The average Bonchev–Trinajstić information content (AvgIpc) is 2.61. The fourth-order valence-electron chi connectivity index (χ4n) is 1.83. The first-order valence-electron chi connectivity index (χ1n) is 8.58. The second-order valence-electron chi connectivity index (χ2n) is 4.47. The van der Waals surface area contributed by atoms with Crippen molar-refractivity contribution in [3.8, 4) is 0 Å². The van der Waals surface area contributed by atoms with Gasteiger partial charge in [0.25, 0.3) is 0 Å². The lowest BCUT2D eigenvalue weighted by atomic mass is 10.0. The van der Waals surface area contributed by atoms with Crippen LogP contribution in [0.1, 0.15) is 59.1 Å². The first-order valence-corrected chi connectivity index (χ1v) is 8.58. The van der Waals surface area contributed by atoms with Crippen LogP contribution in [0.4, 0.5) is 0 Å². The van der Waals surface area contributed by atoms with Gasteiger partial charge in [-0.15, -0.1) is 0 Å².